The molecule has 1 heterocycles. The summed E-state index contributed by atoms with van der Waals surface area (Å²) in [6, 6.07) is 5.30. The minimum Gasteiger partial charge on any atom is -0.494 e. The molecule has 18 heavy (non-hydrogen) atoms. The Bertz CT molecular complexity index is 577. The van der Waals surface area contributed by atoms with E-state index in [1.165, 1.54) is 6.20 Å². The zero-order valence-electron chi connectivity index (χ0n) is 9.45. The van der Waals surface area contributed by atoms with E-state index in [0.29, 0.717) is 28.0 Å². The summed E-state index contributed by atoms with van der Waals surface area (Å²) in [5.41, 5.74) is 6.97. The Morgan fingerprint density at radius 2 is 2.11 bits per heavy atom. The third kappa shape index (κ3) is 2.57. The van der Waals surface area contributed by atoms with Crippen molar-refractivity contribution in [1.82, 2.24) is 9.97 Å². The number of methoxy groups -OCH3 is 1. The highest BCUT2D eigenvalue weighted by molar-refractivity contribution is 6.33. The lowest BCUT2D eigenvalue weighted by atomic mass is 10.2. The van der Waals surface area contributed by atoms with E-state index in [1.807, 2.05) is 0 Å². The maximum atomic E-state index is 5.97. The summed E-state index contributed by atoms with van der Waals surface area (Å²) in [4.78, 5) is 7.75. The third-order valence-electron chi connectivity index (χ3n) is 2.24. The van der Waals surface area contributed by atoms with Gasteiger partial charge >= 0.3 is 0 Å². The van der Waals surface area contributed by atoms with Crippen molar-refractivity contribution in [3.63, 3.8) is 0 Å². The van der Waals surface area contributed by atoms with Crippen LogP contribution in [0.25, 0.3) is 0 Å². The van der Waals surface area contributed by atoms with Crippen molar-refractivity contribution in [2.75, 3.05) is 18.2 Å². The number of hydrogen-bond donors (Lipinski definition) is 2. The molecule has 0 aliphatic heterocycles. The van der Waals surface area contributed by atoms with E-state index in [1.54, 1.807) is 25.3 Å². The van der Waals surface area contributed by atoms with Gasteiger partial charge in [0.15, 0.2) is 5.82 Å². The van der Waals surface area contributed by atoms with Gasteiger partial charge in [0.1, 0.15) is 16.5 Å². The number of rotatable bonds is 3. The third-order valence-corrected chi connectivity index (χ3v) is 2.70. The Balaban J connectivity index is 2.42. The first kappa shape index (κ1) is 12.7. The molecule has 0 aliphatic carbocycles. The van der Waals surface area contributed by atoms with Gasteiger partial charge in [0, 0.05) is 0 Å². The van der Waals surface area contributed by atoms with E-state index in [9.17, 15) is 0 Å². The molecule has 0 unspecified atom stereocenters. The van der Waals surface area contributed by atoms with E-state index in [0.717, 1.165) is 0 Å². The summed E-state index contributed by atoms with van der Waals surface area (Å²) in [7, 11) is 1.55. The van der Waals surface area contributed by atoms with Crippen molar-refractivity contribution in [2.24, 2.45) is 0 Å². The van der Waals surface area contributed by atoms with Crippen molar-refractivity contribution in [3.8, 4) is 5.75 Å². The summed E-state index contributed by atoms with van der Waals surface area (Å²) >= 11 is 11.7. The Kier molecular flexibility index (Phi) is 3.74. The molecule has 0 saturated heterocycles. The highest BCUT2D eigenvalue weighted by Crippen LogP contribution is 2.34. The number of halogens is 2. The SMILES string of the molecule is COc1cccc(N)c1Nc1nc(Cl)ncc1Cl. The van der Waals surface area contributed by atoms with Crippen molar-refractivity contribution >= 4 is 40.4 Å². The monoisotopic (exact) mass is 284 g/mol. The van der Waals surface area contributed by atoms with Gasteiger partial charge in [-0.05, 0) is 23.7 Å². The van der Waals surface area contributed by atoms with Gasteiger partial charge in [0.2, 0.25) is 5.28 Å². The zero-order valence-corrected chi connectivity index (χ0v) is 11.0. The number of para-hydroxylation sites is 1. The summed E-state index contributed by atoms with van der Waals surface area (Å²) in [5, 5.41) is 3.41. The highest BCUT2D eigenvalue weighted by Gasteiger charge is 2.11. The summed E-state index contributed by atoms with van der Waals surface area (Å²) in [6.07, 6.45) is 1.41. The van der Waals surface area contributed by atoms with Crippen LogP contribution in [0.4, 0.5) is 17.2 Å². The number of ether oxygens (including phenoxy) is 1. The number of benzene rings is 1. The van der Waals surface area contributed by atoms with Gasteiger partial charge in [0.05, 0.1) is 19.0 Å². The lowest BCUT2D eigenvalue weighted by Crippen LogP contribution is -2.02. The molecule has 94 valence electrons. The number of hydrogen-bond acceptors (Lipinski definition) is 5. The minimum absolute atomic E-state index is 0.0929. The van der Waals surface area contributed by atoms with Crippen LogP contribution in [0.2, 0.25) is 10.3 Å². The van der Waals surface area contributed by atoms with Crippen molar-refractivity contribution < 1.29 is 4.74 Å². The molecular weight excluding hydrogens is 275 g/mol. The molecule has 1 aromatic heterocycles. The van der Waals surface area contributed by atoms with E-state index < -0.39 is 0 Å². The molecule has 0 bridgehead atoms. The van der Waals surface area contributed by atoms with Gasteiger partial charge in [-0.2, -0.15) is 4.98 Å². The van der Waals surface area contributed by atoms with Crippen LogP contribution in [0.15, 0.2) is 24.4 Å². The van der Waals surface area contributed by atoms with Gasteiger partial charge in [-0.15, -0.1) is 0 Å². The first-order chi connectivity index (χ1) is 8.61. The van der Waals surface area contributed by atoms with Crippen LogP contribution in [0.1, 0.15) is 0 Å². The van der Waals surface area contributed by atoms with Crippen LogP contribution in [0.5, 0.6) is 5.75 Å². The van der Waals surface area contributed by atoms with E-state index >= 15 is 0 Å². The molecule has 2 aromatic rings. The lowest BCUT2D eigenvalue weighted by Gasteiger charge is -2.13. The van der Waals surface area contributed by atoms with E-state index in [2.05, 4.69) is 15.3 Å². The second-order valence-corrected chi connectivity index (χ2v) is 4.13. The zero-order chi connectivity index (χ0) is 13.1. The first-order valence-corrected chi connectivity index (χ1v) is 5.75. The minimum atomic E-state index is 0.0929. The average Bonchev–Trinajstić information content (AvgIpc) is 2.36. The standard InChI is InChI=1S/C11H10Cl2N4O/c1-18-8-4-2-3-7(14)9(8)16-10-6(12)5-15-11(13)17-10/h2-5H,14H2,1H3,(H,15,16,17). The summed E-state index contributed by atoms with van der Waals surface area (Å²) in [5.74, 6) is 0.952. The smallest absolute Gasteiger partial charge is 0.224 e. The number of aromatic nitrogens is 2. The highest BCUT2D eigenvalue weighted by atomic mass is 35.5. The molecule has 2 rings (SSSR count). The molecule has 0 atom stereocenters. The molecular formula is C11H10Cl2N4O. The fourth-order valence-electron chi connectivity index (χ4n) is 1.40. The molecule has 1 aromatic carbocycles. The number of anilines is 3. The van der Waals surface area contributed by atoms with Crippen LogP contribution >= 0.6 is 23.2 Å². The van der Waals surface area contributed by atoms with Crippen molar-refractivity contribution in [3.05, 3.63) is 34.7 Å². The van der Waals surface area contributed by atoms with Crippen LogP contribution < -0.4 is 15.8 Å². The predicted octanol–water partition coefficient (Wildman–Crippen LogP) is 3.12. The molecule has 0 radical (unpaired) electrons. The second kappa shape index (κ2) is 5.29. The van der Waals surface area contributed by atoms with Gasteiger partial charge in [0.25, 0.3) is 0 Å². The Labute approximate surface area is 114 Å². The fourth-order valence-corrected chi connectivity index (χ4v) is 1.68. The number of nitrogens with zero attached hydrogens (tertiary/aromatic N) is 2. The molecule has 0 aliphatic rings. The van der Waals surface area contributed by atoms with Crippen molar-refractivity contribution in [2.45, 2.75) is 0 Å². The lowest BCUT2D eigenvalue weighted by molar-refractivity contribution is 0.417. The Hall–Kier alpha value is -1.72. The normalized spacial score (nSPS) is 10.2. The molecule has 0 saturated carbocycles. The number of nitrogens with two attached hydrogens (primary N) is 1. The van der Waals surface area contributed by atoms with Crippen LogP contribution in [0, 0.1) is 0 Å². The fraction of sp³-hybridized carbons (Fsp3) is 0.0909. The Morgan fingerprint density at radius 1 is 1.33 bits per heavy atom. The average molecular weight is 285 g/mol. The summed E-state index contributed by atoms with van der Waals surface area (Å²) < 4.78 is 5.21. The Morgan fingerprint density at radius 3 is 2.83 bits per heavy atom. The molecule has 0 fully saturated rings. The largest absolute Gasteiger partial charge is 0.494 e. The maximum Gasteiger partial charge on any atom is 0.224 e. The molecule has 7 heteroatoms. The van der Waals surface area contributed by atoms with Gasteiger partial charge in [-0.1, -0.05) is 17.7 Å². The van der Waals surface area contributed by atoms with Crippen LogP contribution in [-0.2, 0) is 0 Å². The summed E-state index contributed by atoms with van der Waals surface area (Å²) in [6.45, 7) is 0. The number of nitrogen functional groups attached to an aromatic ring is 1. The topological polar surface area (TPSA) is 73.1 Å². The van der Waals surface area contributed by atoms with E-state index in [4.69, 9.17) is 33.7 Å². The predicted molar refractivity (Wildman–Crippen MR) is 72.7 cm³/mol. The van der Waals surface area contributed by atoms with Crippen molar-refractivity contribution in [1.29, 1.82) is 0 Å². The molecule has 0 spiro atoms. The maximum absolute atomic E-state index is 5.97. The van der Waals surface area contributed by atoms with Gasteiger partial charge < -0.3 is 15.8 Å². The van der Waals surface area contributed by atoms with Crippen LogP contribution in [0.3, 0.4) is 0 Å². The quantitative estimate of drug-likeness (QED) is 0.669. The molecule has 0 amide bonds. The van der Waals surface area contributed by atoms with E-state index in [-0.39, 0.29) is 5.28 Å². The van der Waals surface area contributed by atoms with Gasteiger partial charge in [-0.25, -0.2) is 4.98 Å². The van der Waals surface area contributed by atoms with Crippen LogP contribution in [-0.4, -0.2) is 17.1 Å². The first-order valence-electron chi connectivity index (χ1n) is 4.99. The second-order valence-electron chi connectivity index (χ2n) is 3.39. The number of nitrogens with one attached hydrogen (secondary N) is 1. The molecule has 5 nitrogen and oxygen atoms in total. The van der Waals surface area contributed by atoms with Gasteiger partial charge in [-0.3, -0.25) is 0 Å². The molecule has 3 N–H and O–H groups in total.